The lowest BCUT2D eigenvalue weighted by atomic mass is 10.0. The van der Waals surface area contributed by atoms with Gasteiger partial charge in [-0.2, -0.15) is 0 Å². The molecule has 0 aliphatic carbocycles. The summed E-state index contributed by atoms with van der Waals surface area (Å²) in [6.45, 7) is 10.1. The molecule has 0 saturated heterocycles. The van der Waals surface area contributed by atoms with Crippen molar-refractivity contribution in [3.8, 4) is 0 Å². The van der Waals surface area contributed by atoms with Crippen LogP contribution in [0, 0.1) is 0 Å². The molecular weight excluding hydrogens is 254 g/mol. The molecule has 0 unspecified atom stereocenters. The maximum Gasteiger partial charge on any atom is 0.232 e. The first kappa shape index (κ1) is 16.1. The molecule has 3 heteroatoms. The van der Waals surface area contributed by atoms with Crippen LogP contribution in [0.15, 0.2) is 24.3 Å². The van der Waals surface area contributed by atoms with Crippen LogP contribution in [-0.2, 0) is 10.5 Å². The Bertz CT molecular complexity index is 382. The average Bonchev–Trinajstić information content (AvgIpc) is 2.40. The van der Waals surface area contributed by atoms with E-state index in [-0.39, 0.29) is 5.91 Å². The van der Waals surface area contributed by atoms with Gasteiger partial charge in [0.2, 0.25) is 5.91 Å². The molecule has 0 heterocycles. The summed E-state index contributed by atoms with van der Waals surface area (Å²) in [4.78, 5) is 13.7. The van der Waals surface area contributed by atoms with Gasteiger partial charge in [0.05, 0.1) is 5.75 Å². The van der Waals surface area contributed by atoms with Gasteiger partial charge in [0.15, 0.2) is 0 Å². The number of benzene rings is 1. The lowest BCUT2D eigenvalue weighted by Crippen LogP contribution is -2.31. The van der Waals surface area contributed by atoms with Crippen molar-refractivity contribution >= 4 is 17.7 Å². The molecule has 106 valence electrons. The molecule has 0 N–H and O–H groups in total. The molecule has 0 aliphatic heterocycles. The number of hydrogen-bond acceptors (Lipinski definition) is 2. The van der Waals surface area contributed by atoms with Gasteiger partial charge in [-0.1, -0.05) is 38.1 Å². The zero-order chi connectivity index (χ0) is 14.3. The maximum absolute atomic E-state index is 11.8. The van der Waals surface area contributed by atoms with Crippen molar-refractivity contribution in [1.29, 1.82) is 0 Å². The van der Waals surface area contributed by atoms with E-state index in [1.807, 2.05) is 18.7 Å². The van der Waals surface area contributed by atoms with E-state index in [4.69, 9.17) is 0 Å². The summed E-state index contributed by atoms with van der Waals surface area (Å²) < 4.78 is 0. The molecule has 1 aromatic carbocycles. The Labute approximate surface area is 121 Å². The van der Waals surface area contributed by atoms with Gasteiger partial charge in [0.25, 0.3) is 0 Å². The number of amides is 1. The smallest absolute Gasteiger partial charge is 0.232 e. The molecule has 0 aromatic heterocycles. The highest BCUT2D eigenvalue weighted by molar-refractivity contribution is 7.99. The molecule has 1 rings (SSSR count). The Morgan fingerprint density at radius 3 is 2.21 bits per heavy atom. The molecule has 0 aliphatic rings. The standard InChI is InChI=1S/C16H25NOS/c1-5-17(6-2)16(18)12-19-11-14-7-9-15(10-8-14)13(3)4/h7-10,13H,5-6,11-12H2,1-4H3. The van der Waals surface area contributed by atoms with Crippen LogP contribution in [0.5, 0.6) is 0 Å². The van der Waals surface area contributed by atoms with Crippen molar-refractivity contribution < 1.29 is 4.79 Å². The zero-order valence-corrected chi connectivity index (χ0v) is 13.3. The van der Waals surface area contributed by atoms with Crippen LogP contribution >= 0.6 is 11.8 Å². The fraction of sp³-hybridized carbons (Fsp3) is 0.562. The fourth-order valence-electron chi connectivity index (χ4n) is 1.92. The number of carbonyl (C=O) groups excluding carboxylic acids is 1. The minimum Gasteiger partial charge on any atom is -0.343 e. The molecule has 1 aromatic rings. The van der Waals surface area contributed by atoms with Gasteiger partial charge in [-0.15, -0.1) is 11.8 Å². The van der Waals surface area contributed by atoms with Gasteiger partial charge in [-0.05, 0) is 30.9 Å². The van der Waals surface area contributed by atoms with Gasteiger partial charge in [0.1, 0.15) is 0 Å². The van der Waals surface area contributed by atoms with E-state index in [2.05, 4.69) is 38.1 Å². The Hall–Kier alpha value is -0.960. The van der Waals surface area contributed by atoms with Gasteiger partial charge >= 0.3 is 0 Å². The van der Waals surface area contributed by atoms with Crippen molar-refractivity contribution in [3.05, 3.63) is 35.4 Å². The van der Waals surface area contributed by atoms with Crippen LogP contribution in [0.2, 0.25) is 0 Å². The fourth-order valence-corrected chi connectivity index (χ4v) is 2.81. The zero-order valence-electron chi connectivity index (χ0n) is 12.5. The first-order valence-electron chi connectivity index (χ1n) is 7.02. The summed E-state index contributed by atoms with van der Waals surface area (Å²) >= 11 is 1.70. The van der Waals surface area contributed by atoms with Crippen LogP contribution in [0.25, 0.3) is 0 Å². The minimum absolute atomic E-state index is 0.244. The van der Waals surface area contributed by atoms with E-state index < -0.39 is 0 Å². The Balaban J connectivity index is 2.39. The summed E-state index contributed by atoms with van der Waals surface area (Å²) in [5.74, 6) is 2.30. The number of nitrogens with zero attached hydrogens (tertiary/aromatic N) is 1. The largest absolute Gasteiger partial charge is 0.343 e. The molecule has 0 atom stereocenters. The molecular formula is C16H25NOS. The van der Waals surface area contributed by atoms with E-state index >= 15 is 0 Å². The number of carbonyl (C=O) groups is 1. The third-order valence-corrected chi connectivity index (χ3v) is 4.25. The van der Waals surface area contributed by atoms with E-state index in [9.17, 15) is 4.79 Å². The average molecular weight is 279 g/mol. The van der Waals surface area contributed by atoms with Crippen molar-refractivity contribution in [2.45, 2.75) is 39.4 Å². The van der Waals surface area contributed by atoms with Gasteiger partial charge < -0.3 is 4.90 Å². The second kappa shape index (κ2) is 8.26. The van der Waals surface area contributed by atoms with Crippen molar-refractivity contribution in [2.75, 3.05) is 18.8 Å². The predicted molar refractivity (Wildman–Crippen MR) is 84.6 cm³/mol. The maximum atomic E-state index is 11.8. The quantitative estimate of drug-likeness (QED) is 0.754. The summed E-state index contributed by atoms with van der Waals surface area (Å²) in [6, 6.07) is 8.72. The molecule has 0 fully saturated rings. The summed E-state index contributed by atoms with van der Waals surface area (Å²) in [5.41, 5.74) is 2.66. The number of rotatable bonds is 7. The van der Waals surface area contributed by atoms with Gasteiger partial charge in [-0.25, -0.2) is 0 Å². The van der Waals surface area contributed by atoms with Crippen LogP contribution in [0.4, 0.5) is 0 Å². The molecule has 1 amide bonds. The third kappa shape index (κ3) is 5.27. The van der Waals surface area contributed by atoms with Crippen LogP contribution in [0.3, 0.4) is 0 Å². The molecule has 2 nitrogen and oxygen atoms in total. The molecule has 0 radical (unpaired) electrons. The van der Waals surface area contributed by atoms with E-state index in [0.717, 1.165) is 18.8 Å². The lowest BCUT2D eigenvalue weighted by Gasteiger charge is -2.18. The molecule has 19 heavy (non-hydrogen) atoms. The highest BCUT2D eigenvalue weighted by Gasteiger charge is 2.09. The molecule has 0 spiro atoms. The van der Waals surface area contributed by atoms with E-state index in [1.165, 1.54) is 11.1 Å². The molecule has 0 saturated carbocycles. The van der Waals surface area contributed by atoms with Crippen molar-refractivity contribution in [3.63, 3.8) is 0 Å². The summed E-state index contributed by atoms with van der Waals surface area (Å²) in [6.07, 6.45) is 0. The third-order valence-electron chi connectivity index (χ3n) is 3.26. The Kier molecular flexibility index (Phi) is 7.00. The minimum atomic E-state index is 0.244. The Morgan fingerprint density at radius 1 is 1.16 bits per heavy atom. The monoisotopic (exact) mass is 279 g/mol. The van der Waals surface area contributed by atoms with Crippen molar-refractivity contribution in [2.24, 2.45) is 0 Å². The Morgan fingerprint density at radius 2 is 1.74 bits per heavy atom. The normalized spacial score (nSPS) is 10.8. The van der Waals surface area contributed by atoms with E-state index in [0.29, 0.717) is 11.7 Å². The van der Waals surface area contributed by atoms with E-state index in [1.54, 1.807) is 11.8 Å². The van der Waals surface area contributed by atoms with Crippen molar-refractivity contribution in [1.82, 2.24) is 4.90 Å². The number of thioether (sulfide) groups is 1. The van der Waals surface area contributed by atoms with Gasteiger partial charge in [0, 0.05) is 18.8 Å². The van der Waals surface area contributed by atoms with Crippen LogP contribution in [0.1, 0.15) is 44.7 Å². The first-order valence-corrected chi connectivity index (χ1v) is 8.18. The SMILES string of the molecule is CCN(CC)C(=O)CSCc1ccc(C(C)C)cc1. The highest BCUT2D eigenvalue weighted by Crippen LogP contribution is 2.18. The topological polar surface area (TPSA) is 20.3 Å². The number of hydrogen-bond donors (Lipinski definition) is 0. The molecule has 0 bridgehead atoms. The highest BCUT2D eigenvalue weighted by atomic mass is 32.2. The summed E-state index contributed by atoms with van der Waals surface area (Å²) in [7, 11) is 0. The first-order chi connectivity index (χ1) is 9.08. The lowest BCUT2D eigenvalue weighted by molar-refractivity contribution is -0.127. The summed E-state index contributed by atoms with van der Waals surface area (Å²) in [5, 5.41) is 0. The second-order valence-corrected chi connectivity index (χ2v) is 5.94. The predicted octanol–water partition coefficient (Wildman–Crippen LogP) is 3.91. The van der Waals surface area contributed by atoms with Gasteiger partial charge in [-0.3, -0.25) is 4.79 Å². The van der Waals surface area contributed by atoms with Crippen LogP contribution < -0.4 is 0 Å². The second-order valence-electron chi connectivity index (χ2n) is 4.96. The van der Waals surface area contributed by atoms with Crippen LogP contribution in [-0.4, -0.2) is 29.6 Å².